The van der Waals surface area contributed by atoms with Gasteiger partial charge in [-0.15, -0.1) is 0 Å². The van der Waals surface area contributed by atoms with Gasteiger partial charge in [-0.2, -0.15) is 0 Å². The lowest BCUT2D eigenvalue weighted by Gasteiger charge is -2.27. The largest absolute Gasteiger partial charge is 0.493 e. The Kier molecular flexibility index (Phi) is 3.55. The number of nitrogens with one attached hydrogen (secondary N) is 1. The Balaban J connectivity index is 1.69. The number of aryl methyl sites for hydroxylation is 1. The monoisotopic (exact) mass is 245 g/mol. The summed E-state index contributed by atoms with van der Waals surface area (Å²) < 4.78 is 5.92. The first-order chi connectivity index (χ1) is 8.86. The molecule has 2 aliphatic rings. The number of rotatable bonds is 4. The fourth-order valence-corrected chi connectivity index (χ4v) is 3.05. The van der Waals surface area contributed by atoms with Gasteiger partial charge in [-0.25, -0.2) is 0 Å². The van der Waals surface area contributed by atoms with Crippen LogP contribution in [0.15, 0.2) is 18.2 Å². The highest BCUT2D eigenvalue weighted by Gasteiger charge is 2.20. The smallest absolute Gasteiger partial charge is 0.119 e. The molecule has 98 valence electrons. The minimum Gasteiger partial charge on any atom is -0.493 e. The molecule has 0 saturated heterocycles. The Morgan fingerprint density at radius 1 is 1.22 bits per heavy atom. The van der Waals surface area contributed by atoms with E-state index in [0.717, 1.165) is 18.3 Å². The van der Waals surface area contributed by atoms with Crippen LogP contribution in [0, 0.1) is 5.92 Å². The lowest BCUT2D eigenvalue weighted by Crippen LogP contribution is -2.22. The molecule has 2 aliphatic carbocycles. The van der Waals surface area contributed by atoms with Crippen LogP contribution in [0.4, 0.5) is 0 Å². The van der Waals surface area contributed by atoms with E-state index in [1.165, 1.54) is 49.7 Å². The lowest BCUT2D eigenvalue weighted by molar-refractivity contribution is 0.180. The van der Waals surface area contributed by atoms with Gasteiger partial charge >= 0.3 is 0 Å². The number of fused-ring (bicyclic) bond motifs is 1. The van der Waals surface area contributed by atoms with Crippen LogP contribution in [0.5, 0.6) is 5.75 Å². The molecule has 0 amide bonds. The molecule has 0 spiro atoms. The van der Waals surface area contributed by atoms with Crippen molar-refractivity contribution in [2.24, 2.45) is 5.92 Å². The summed E-state index contributed by atoms with van der Waals surface area (Å²) >= 11 is 0. The fourth-order valence-electron chi connectivity index (χ4n) is 3.05. The first-order valence-electron chi connectivity index (χ1n) is 7.29. The molecule has 1 aromatic carbocycles. The number of hydrogen-bond acceptors (Lipinski definition) is 2. The van der Waals surface area contributed by atoms with Crippen LogP contribution >= 0.6 is 0 Å². The first-order valence-corrected chi connectivity index (χ1v) is 7.29. The van der Waals surface area contributed by atoms with Crippen molar-refractivity contribution in [3.63, 3.8) is 0 Å². The van der Waals surface area contributed by atoms with Crippen molar-refractivity contribution in [2.45, 2.75) is 44.6 Å². The van der Waals surface area contributed by atoms with Crippen molar-refractivity contribution in [1.82, 2.24) is 5.32 Å². The van der Waals surface area contributed by atoms with Gasteiger partial charge in [0, 0.05) is 6.04 Å². The maximum atomic E-state index is 5.92. The van der Waals surface area contributed by atoms with Gasteiger partial charge in [0.05, 0.1) is 6.61 Å². The SMILES string of the molecule is CNC1CCCc2cc(OCC3CCC3)ccc21. The lowest BCUT2D eigenvalue weighted by atomic mass is 9.86. The van der Waals surface area contributed by atoms with E-state index >= 15 is 0 Å². The molecule has 1 fully saturated rings. The molecule has 0 bridgehead atoms. The quantitative estimate of drug-likeness (QED) is 0.877. The topological polar surface area (TPSA) is 21.3 Å². The summed E-state index contributed by atoms with van der Waals surface area (Å²) in [6.07, 6.45) is 7.84. The van der Waals surface area contributed by atoms with Gasteiger partial charge in [0.25, 0.3) is 0 Å². The Bertz CT molecular complexity index is 412. The van der Waals surface area contributed by atoms with Crippen molar-refractivity contribution in [3.05, 3.63) is 29.3 Å². The third-order valence-corrected chi connectivity index (χ3v) is 4.49. The molecular formula is C16H23NO. The molecule has 18 heavy (non-hydrogen) atoms. The highest BCUT2D eigenvalue weighted by molar-refractivity contribution is 5.39. The van der Waals surface area contributed by atoms with E-state index in [9.17, 15) is 0 Å². The van der Waals surface area contributed by atoms with Crippen LogP contribution in [0.1, 0.15) is 49.3 Å². The van der Waals surface area contributed by atoms with Gasteiger partial charge in [-0.3, -0.25) is 0 Å². The summed E-state index contributed by atoms with van der Waals surface area (Å²) in [6, 6.07) is 7.20. The molecule has 2 heteroatoms. The van der Waals surface area contributed by atoms with Crippen LogP contribution in [0.25, 0.3) is 0 Å². The average Bonchev–Trinajstić information content (AvgIpc) is 2.36. The van der Waals surface area contributed by atoms with Gasteiger partial charge in [-0.05, 0) is 68.3 Å². The van der Waals surface area contributed by atoms with Gasteiger partial charge in [-0.1, -0.05) is 12.5 Å². The molecule has 0 aliphatic heterocycles. The predicted octanol–water partition coefficient (Wildman–Crippen LogP) is 3.46. The summed E-state index contributed by atoms with van der Waals surface area (Å²) in [6.45, 7) is 0.911. The highest BCUT2D eigenvalue weighted by Crippen LogP contribution is 2.33. The van der Waals surface area contributed by atoms with Crippen molar-refractivity contribution < 1.29 is 4.74 Å². The Hall–Kier alpha value is -1.02. The molecule has 2 nitrogen and oxygen atoms in total. The first kappa shape index (κ1) is 12.0. The molecule has 1 unspecified atom stereocenters. The van der Waals surface area contributed by atoms with E-state index < -0.39 is 0 Å². The molecule has 1 N–H and O–H groups in total. The average molecular weight is 245 g/mol. The third kappa shape index (κ3) is 2.39. The molecule has 0 aromatic heterocycles. The molecule has 1 atom stereocenters. The van der Waals surface area contributed by atoms with Crippen LogP contribution < -0.4 is 10.1 Å². The summed E-state index contributed by atoms with van der Waals surface area (Å²) in [4.78, 5) is 0. The van der Waals surface area contributed by atoms with E-state index in [1.54, 1.807) is 0 Å². The second-order valence-electron chi connectivity index (χ2n) is 5.70. The van der Waals surface area contributed by atoms with Crippen molar-refractivity contribution in [3.8, 4) is 5.75 Å². The molecule has 1 saturated carbocycles. The van der Waals surface area contributed by atoms with Crippen LogP contribution in [0.2, 0.25) is 0 Å². The summed E-state index contributed by atoms with van der Waals surface area (Å²) in [5, 5.41) is 3.41. The minimum absolute atomic E-state index is 0.537. The second-order valence-corrected chi connectivity index (χ2v) is 5.70. The minimum atomic E-state index is 0.537. The molecular weight excluding hydrogens is 222 g/mol. The van der Waals surface area contributed by atoms with Gasteiger partial charge in [0.1, 0.15) is 5.75 Å². The molecule has 0 heterocycles. The van der Waals surface area contributed by atoms with Gasteiger partial charge in [0.2, 0.25) is 0 Å². The van der Waals surface area contributed by atoms with E-state index in [-0.39, 0.29) is 0 Å². The summed E-state index contributed by atoms with van der Waals surface area (Å²) in [5.74, 6) is 1.88. The Morgan fingerprint density at radius 2 is 2.11 bits per heavy atom. The van der Waals surface area contributed by atoms with E-state index in [4.69, 9.17) is 4.74 Å². The summed E-state index contributed by atoms with van der Waals surface area (Å²) in [7, 11) is 2.06. The van der Waals surface area contributed by atoms with Crippen molar-refractivity contribution >= 4 is 0 Å². The maximum absolute atomic E-state index is 5.92. The zero-order valence-corrected chi connectivity index (χ0v) is 11.2. The normalized spacial score (nSPS) is 23.3. The summed E-state index contributed by atoms with van der Waals surface area (Å²) in [5.41, 5.74) is 2.95. The van der Waals surface area contributed by atoms with Crippen LogP contribution in [-0.4, -0.2) is 13.7 Å². The zero-order chi connectivity index (χ0) is 12.4. The van der Waals surface area contributed by atoms with E-state index in [2.05, 4.69) is 30.6 Å². The standard InChI is InChI=1S/C16H23NO/c1-17-16-7-3-6-13-10-14(8-9-15(13)16)18-11-12-4-2-5-12/h8-10,12,16-17H,2-7,11H2,1H3. The second kappa shape index (κ2) is 5.31. The van der Waals surface area contributed by atoms with E-state index in [1.807, 2.05) is 0 Å². The van der Waals surface area contributed by atoms with Crippen LogP contribution in [-0.2, 0) is 6.42 Å². The number of benzene rings is 1. The van der Waals surface area contributed by atoms with Crippen LogP contribution in [0.3, 0.4) is 0 Å². The predicted molar refractivity (Wildman–Crippen MR) is 74.0 cm³/mol. The Morgan fingerprint density at radius 3 is 2.83 bits per heavy atom. The van der Waals surface area contributed by atoms with E-state index in [0.29, 0.717) is 6.04 Å². The molecule has 0 radical (unpaired) electrons. The number of ether oxygens (including phenoxy) is 1. The molecule has 3 rings (SSSR count). The third-order valence-electron chi connectivity index (χ3n) is 4.49. The maximum Gasteiger partial charge on any atom is 0.119 e. The van der Waals surface area contributed by atoms with Crippen molar-refractivity contribution in [2.75, 3.05) is 13.7 Å². The van der Waals surface area contributed by atoms with Gasteiger partial charge in [0.15, 0.2) is 0 Å². The zero-order valence-electron chi connectivity index (χ0n) is 11.2. The Labute approximate surface area is 110 Å². The van der Waals surface area contributed by atoms with Crippen molar-refractivity contribution in [1.29, 1.82) is 0 Å². The fraction of sp³-hybridized carbons (Fsp3) is 0.625. The number of hydrogen-bond donors (Lipinski definition) is 1. The molecule has 1 aromatic rings. The van der Waals surface area contributed by atoms with Gasteiger partial charge < -0.3 is 10.1 Å². The highest BCUT2D eigenvalue weighted by atomic mass is 16.5.